The Morgan fingerprint density at radius 2 is 1.85 bits per heavy atom. The molecule has 2 amide bonds. The summed E-state index contributed by atoms with van der Waals surface area (Å²) in [5.41, 5.74) is 2.20. The van der Waals surface area contributed by atoms with Gasteiger partial charge < -0.3 is 24.7 Å². The highest BCUT2D eigenvalue weighted by Crippen LogP contribution is 2.46. The number of benzene rings is 3. The fourth-order valence-electron chi connectivity index (χ4n) is 6.57. The van der Waals surface area contributed by atoms with Crippen molar-refractivity contribution in [2.75, 3.05) is 18.6 Å². The van der Waals surface area contributed by atoms with Crippen molar-refractivity contribution in [1.29, 1.82) is 0 Å². The van der Waals surface area contributed by atoms with E-state index in [1.807, 2.05) is 36.4 Å². The maximum Gasteiger partial charge on any atom is 0.297 e. The van der Waals surface area contributed by atoms with Gasteiger partial charge in [-0.2, -0.15) is 0 Å². The van der Waals surface area contributed by atoms with Gasteiger partial charge >= 0.3 is 0 Å². The maximum absolute atomic E-state index is 14.1. The number of aliphatic hydroxyl groups excluding tert-OH is 1. The van der Waals surface area contributed by atoms with Gasteiger partial charge in [-0.1, -0.05) is 67.1 Å². The van der Waals surface area contributed by atoms with E-state index >= 15 is 0 Å². The molecule has 4 aromatic rings. The van der Waals surface area contributed by atoms with Gasteiger partial charge in [-0.05, 0) is 65.6 Å². The van der Waals surface area contributed by atoms with E-state index in [4.69, 9.17) is 16.3 Å². The lowest BCUT2D eigenvalue weighted by Gasteiger charge is -2.36. The molecule has 2 N–H and O–H groups in total. The zero-order chi connectivity index (χ0) is 33.3. The van der Waals surface area contributed by atoms with Crippen LogP contribution in [-0.2, 0) is 34.7 Å². The van der Waals surface area contributed by atoms with Crippen LogP contribution in [0.1, 0.15) is 35.6 Å². The van der Waals surface area contributed by atoms with Crippen LogP contribution in [0.2, 0.25) is 5.02 Å². The van der Waals surface area contributed by atoms with Crippen LogP contribution in [0.15, 0.2) is 102 Å². The molecule has 0 fully saturated rings. The number of aromatic nitrogens is 1. The Hall–Kier alpha value is -4.70. The summed E-state index contributed by atoms with van der Waals surface area (Å²) in [7, 11) is 1.44. The Bertz CT molecular complexity index is 1920. The van der Waals surface area contributed by atoms with Crippen molar-refractivity contribution in [2.24, 2.45) is 5.92 Å². The average Bonchev–Trinajstić information content (AvgIpc) is 3.29. The molecule has 0 radical (unpaired) electrons. The van der Waals surface area contributed by atoms with Gasteiger partial charge in [-0.15, -0.1) is 0 Å². The van der Waals surface area contributed by atoms with Crippen molar-refractivity contribution in [3.05, 3.63) is 135 Å². The lowest BCUT2D eigenvalue weighted by molar-refractivity contribution is -0.139. The highest BCUT2D eigenvalue weighted by molar-refractivity contribution is 6.31. The molecule has 3 aromatic carbocycles. The van der Waals surface area contributed by atoms with Crippen molar-refractivity contribution in [1.82, 2.24) is 9.47 Å². The molecule has 1 aromatic heterocycles. The van der Waals surface area contributed by atoms with Gasteiger partial charge in [-0.25, -0.2) is 0 Å². The first-order chi connectivity index (χ1) is 22.6. The number of hydrogen-bond donors (Lipinski definition) is 2. The van der Waals surface area contributed by atoms with Crippen LogP contribution in [0.4, 0.5) is 5.69 Å². The largest absolute Gasteiger partial charge is 0.491 e. The molecule has 0 saturated carbocycles. The fourth-order valence-corrected chi connectivity index (χ4v) is 6.74. The molecule has 0 aliphatic carbocycles. The van der Waals surface area contributed by atoms with E-state index in [0.29, 0.717) is 34.9 Å². The lowest BCUT2D eigenvalue weighted by Crippen LogP contribution is -2.46. The topological polar surface area (TPSA) is 112 Å². The number of amides is 2. The number of halogens is 1. The second kappa shape index (κ2) is 13.2. The van der Waals surface area contributed by atoms with Crippen LogP contribution in [0.3, 0.4) is 0 Å². The predicted octanol–water partition coefficient (Wildman–Crippen LogP) is 4.76. The zero-order valence-corrected chi connectivity index (χ0v) is 26.9. The van der Waals surface area contributed by atoms with Gasteiger partial charge in [-0.3, -0.25) is 19.0 Å². The van der Waals surface area contributed by atoms with E-state index in [2.05, 4.69) is 0 Å². The lowest BCUT2D eigenvalue weighted by atomic mass is 9.83. The number of pyridine rings is 1. The zero-order valence-electron chi connectivity index (χ0n) is 26.2. The third-order valence-electron chi connectivity index (χ3n) is 9.16. The fraction of sp³-hybridized carbons (Fsp3) is 0.270. The summed E-state index contributed by atoms with van der Waals surface area (Å²) >= 11 is 6.36. The SMILES string of the molecule is COc1cccn(-c2cccc(CN3C(=O)[C@](O)([C@H](C)/C=C/CC(=O)N4Cc5ccccc5C[C@H]4CO)c4cc(Cl)ccc43)c2)c1=O. The number of ether oxygens (including phenoxy) is 1. The Kier molecular flexibility index (Phi) is 9.05. The molecular weight excluding hydrogens is 618 g/mol. The van der Waals surface area contributed by atoms with Crippen LogP contribution >= 0.6 is 11.6 Å². The third kappa shape index (κ3) is 5.98. The highest BCUT2D eigenvalue weighted by Gasteiger charge is 2.52. The van der Waals surface area contributed by atoms with Crippen molar-refractivity contribution in [3.63, 3.8) is 0 Å². The number of carbonyl (C=O) groups is 2. The average molecular weight is 654 g/mol. The number of hydrogen-bond acceptors (Lipinski definition) is 6. The van der Waals surface area contributed by atoms with E-state index < -0.39 is 17.4 Å². The third-order valence-corrected chi connectivity index (χ3v) is 9.39. The summed E-state index contributed by atoms with van der Waals surface area (Å²) in [6, 6.07) is 23.2. The van der Waals surface area contributed by atoms with Crippen molar-refractivity contribution in [2.45, 2.75) is 44.5 Å². The molecule has 0 saturated heterocycles. The predicted molar refractivity (Wildman–Crippen MR) is 180 cm³/mol. The summed E-state index contributed by atoms with van der Waals surface area (Å²) in [6.07, 6.45) is 5.64. The number of anilines is 1. The van der Waals surface area contributed by atoms with Crippen molar-refractivity contribution >= 4 is 29.1 Å². The molecule has 10 heteroatoms. The summed E-state index contributed by atoms with van der Waals surface area (Å²) in [4.78, 5) is 43.5. The number of carbonyl (C=O) groups excluding carboxylic acids is 2. The first-order valence-corrected chi connectivity index (χ1v) is 15.9. The summed E-state index contributed by atoms with van der Waals surface area (Å²) < 4.78 is 6.66. The minimum absolute atomic E-state index is 0.0514. The molecule has 3 heterocycles. The molecule has 2 aliphatic heterocycles. The second-order valence-electron chi connectivity index (χ2n) is 12.0. The normalized spacial score (nSPS) is 19.5. The molecule has 2 aliphatic rings. The second-order valence-corrected chi connectivity index (χ2v) is 12.4. The monoisotopic (exact) mass is 653 g/mol. The van der Waals surface area contributed by atoms with Crippen LogP contribution in [0, 0.1) is 5.92 Å². The molecule has 242 valence electrons. The van der Waals surface area contributed by atoms with Gasteiger partial charge in [0.05, 0.1) is 32.0 Å². The minimum Gasteiger partial charge on any atom is -0.491 e. The van der Waals surface area contributed by atoms with Gasteiger partial charge in [0.1, 0.15) is 0 Å². The van der Waals surface area contributed by atoms with E-state index in [-0.39, 0.29) is 42.8 Å². The van der Waals surface area contributed by atoms with Crippen molar-refractivity contribution < 1.29 is 24.5 Å². The van der Waals surface area contributed by atoms with Gasteiger partial charge in [0.2, 0.25) is 5.91 Å². The summed E-state index contributed by atoms with van der Waals surface area (Å²) in [5, 5.41) is 22.5. The number of methoxy groups -OCH3 is 1. The van der Waals surface area contributed by atoms with Crippen LogP contribution in [-0.4, -0.2) is 51.3 Å². The number of aliphatic hydroxyl groups is 2. The summed E-state index contributed by atoms with van der Waals surface area (Å²) in [5.74, 6) is -1.16. The molecular formula is C37H36ClN3O6. The Balaban J connectivity index is 1.22. The Morgan fingerprint density at radius 1 is 1.06 bits per heavy atom. The molecule has 9 nitrogen and oxygen atoms in total. The molecule has 0 bridgehead atoms. The van der Waals surface area contributed by atoms with Crippen molar-refractivity contribution in [3.8, 4) is 11.4 Å². The minimum atomic E-state index is -1.93. The van der Waals surface area contributed by atoms with E-state index in [9.17, 15) is 24.6 Å². The number of rotatable bonds is 9. The first-order valence-electron chi connectivity index (χ1n) is 15.5. The van der Waals surface area contributed by atoms with E-state index in [1.54, 1.807) is 72.6 Å². The molecule has 47 heavy (non-hydrogen) atoms. The van der Waals surface area contributed by atoms with Gasteiger partial charge in [0.15, 0.2) is 11.4 Å². The van der Waals surface area contributed by atoms with Gasteiger partial charge in [0, 0.05) is 41.4 Å². The number of nitrogens with zero attached hydrogens (tertiary/aromatic N) is 3. The maximum atomic E-state index is 14.1. The molecule has 3 atom stereocenters. The molecule has 0 spiro atoms. The first kappa shape index (κ1) is 32.2. The number of fused-ring (bicyclic) bond motifs is 2. The smallest absolute Gasteiger partial charge is 0.297 e. The standard InChI is InChI=1S/C37H36ClN3O6/c1-24(8-5-14-34(43)40-22-27-11-4-3-10-26(27)19-30(40)23-42)37(46)31-20-28(38)15-16-32(31)41(36(37)45)21-25-9-6-12-29(18-25)39-17-7-13-33(47-2)35(39)44/h3-13,15-18,20,24,30,42,46H,14,19,21-23H2,1-2H3/b8-5+/t24-,30+,37+/m1/s1. The van der Waals surface area contributed by atoms with E-state index in [1.165, 1.54) is 16.6 Å². The highest BCUT2D eigenvalue weighted by atomic mass is 35.5. The summed E-state index contributed by atoms with van der Waals surface area (Å²) in [6.45, 7) is 2.15. The van der Waals surface area contributed by atoms with Gasteiger partial charge in [0.25, 0.3) is 11.5 Å². The molecule has 6 rings (SSSR count). The van der Waals surface area contributed by atoms with Crippen LogP contribution < -0.4 is 15.2 Å². The van der Waals surface area contributed by atoms with Crippen LogP contribution in [0.5, 0.6) is 5.75 Å². The van der Waals surface area contributed by atoms with E-state index in [0.717, 1.165) is 16.7 Å². The Labute approximate surface area is 277 Å². The molecule has 0 unspecified atom stereocenters. The quantitative estimate of drug-likeness (QED) is 0.252. The van der Waals surface area contributed by atoms with Crippen LogP contribution in [0.25, 0.3) is 5.69 Å². The Morgan fingerprint density at radius 3 is 2.62 bits per heavy atom.